The second-order valence-electron chi connectivity index (χ2n) is 9.24. The van der Waals surface area contributed by atoms with Crippen LogP contribution in [0.25, 0.3) is 0 Å². The molecule has 174 valence electrons. The molecule has 0 saturated carbocycles. The molecule has 34 heavy (non-hydrogen) atoms. The maximum absolute atomic E-state index is 13.8. The summed E-state index contributed by atoms with van der Waals surface area (Å²) in [4.78, 5) is 18.5. The molecule has 3 aromatic carbocycles. The molecule has 5 heteroatoms. The highest BCUT2D eigenvalue weighted by atomic mass is 16.6. The van der Waals surface area contributed by atoms with E-state index in [1.807, 2.05) is 48.5 Å². The third kappa shape index (κ3) is 2.89. The van der Waals surface area contributed by atoms with Gasteiger partial charge in [-0.1, -0.05) is 36.4 Å². The summed E-state index contributed by atoms with van der Waals surface area (Å²) in [5, 5.41) is 0. The first-order chi connectivity index (χ1) is 16.7. The summed E-state index contributed by atoms with van der Waals surface area (Å²) in [6.45, 7) is 7.88. The minimum Gasteiger partial charge on any atom is -0.456 e. The van der Waals surface area contributed by atoms with Crippen molar-refractivity contribution < 1.29 is 14.3 Å². The van der Waals surface area contributed by atoms with Gasteiger partial charge in [-0.15, -0.1) is 0 Å². The Morgan fingerprint density at radius 1 is 0.853 bits per heavy atom. The lowest BCUT2D eigenvalue weighted by Crippen LogP contribution is -2.37. The van der Waals surface area contributed by atoms with Crippen molar-refractivity contribution in [2.24, 2.45) is 0 Å². The van der Waals surface area contributed by atoms with Crippen molar-refractivity contribution >= 4 is 17.3 Å². The third-order valence-electron chi connectivity index (χ3n) is 7.52. The smallest absolute Gasteiger partial charge is 0.342 e. The normalized spacial score (nSPS) is 17.5. The fourth-order valence-corrected chi connectivity index (χ4v) is 5.95. The molecule has 0 radical (unpaired) electrons. The molecule has 0 aliphatic carbocycles. The van der Waals surface area contributed by atoms with E-state index in [1.54, 1.807) is 0 Å². The van der Waals surface area contributed by atoms with Gasteiger partial charge in [0, 0.05) is 48.6 Å². The number of benzene rings is 3. The minimum atomic E-state index is -1.03. The van der Waals surface area contributed by atoms with Gasteiger partial charge in [-0.3, -0.25) is 0 Å². The SMILES string of the molecule is CCN(CC)c1ccc(N2CCCCC2)c2c1C(=O)OC21c2ccccc2Oc2ccccc21. The van der Waals surface area contributed by atoms with Crippen LogP contribution in [0.1, 0.15) is 60.2 Å². The molecule has 5 nitrogen and oxygen atoms in total. The van der Waals surface area contributed by atoms with Crippen LogP contribution in [-0.4, -0.2) is 32.1 Å². The monoisotopic (exact) mass is 454 g/mol. The Hall–Kier alpha value is -3.47. The lowest BCUT2D eigenvalue weighted by atomic mass is 9.76. The number of hydrogen-bond acceptors (Lipinski definition) is 5. The van der Waals surface area contributed by atoms with Crippen molar-refractivity contribution in [1.82, 2.24) is 0 Å². The number of rotatable bonds is 4. The zero-order chi connectivity index (χ0) is 23.3. The summed E-state index contributed by atoms with van der Waals surface area (Å²) < 4.78 is 12.9. The zero-order valence-electron chi connectivity index (χ0n) is 19.8. The topological polar surface area (TPSA) is 42.0 Å². The van der Waals surface area contributed by atoms with E-state index >= 15 is 0 Å². The Balaban J connectivity index is 1.71. The largest absolute Gasteiger partial charge is 0.456 e. The number of nitrogens with zero attached hydrogens (tertiary/aromatic N) is 2. The van der Waals surface area contributed by atoms with Gasteiger partial charge in [0.15, 0.2) is 5.60 Å². The molecule has 0 N–H and O–H groups in total. The number of carbonyl (C=O) groups is 1. The average Bonchev–Trinajstić information content (AvgIpc) is 3.19. The number of carbonyl (C=O) groups excluding carboxylic acids is 1. The fourth-order valence-electron chi connectivity index (χ4n) is 5.95. The first-order valence-electron chi connectivity index (χ1n) is 12.5. The van der Waals surface area contributed by atoms with Crippen molar-refractivity contribution in [1.29, 1.82) is 0 Å². The van der Waals surface area contributed by atoms with Gasteiger partial charge in [-0.2, -0.15) is 0 Å². The maximum atomic E-state index is 13.8. The summed E-state index contributed by atoms with van der Waals surface area (Å²) in [7, 11) is 0. The van der Waals surface area contributed by atoms with Gasteiger partial charge in [0.25, 0.3) is 0 Å². The van der Waals surface area contributed by atoms with Crippen LogP contribution in [0, 0.1) is 0 Å². The van der Waals surface area contributed by atoms with E-state index in [0.717, 1.165) is 78.6 Å². The van der Waals surface area contributed by atoms with Gasteiger partial charge in [-0.05, 0) is 57.4 Å². The summed E-state index contributed by atoms with van der Waals surface area (Å²) in [6.07, 6.45) is 3.56. The lowest BCUT2D eigenvalue weighted by Gasteiger charge is -2.39. The van der Waals surface area contributed by atoms with Gasteiger partial charge in [0.1, 0.15) is 11.5 Å². The molecule has 1 saturated heterocycles. The number of piperidine rings is 1. The van der Waals surface area contributed by atoms with Gasteiger partial charge in [-0.25, -0.2) is 4.79 Å². The molecular formula is C29H30N2O3. The van der Waals surface area contributed by atoms with E-state index < -0.39 is 5.60 Å². The predicted molar refractivity (Wildman–Crippen MR) is 134 cm³/mol. The Morgan fingerprint density at radius 3 is 2.09 bits per heavy atom. The van der Waals surface area contributed by atoms with E-state index in [-0.39, 0.29) is 5.97 Å². The molecule has 0 aromatic heterocycles. The predicted octanol–water partition coefficient (Wildman–Crippen LogP) is 6.09. The van der Waals surface area contributed by atoms with Crippen molar-refractivity contribution in [3.8, 4) is 11.5 Å². The van der Waals surface area contributed by atoms with Crippen molar-refractivity contribution in [3.05, 3.63) is 82.9 Å². The molecule has 0 atom stereocenters. The summed E-state index contributed by atoms with van der Waals surface area (Å²) >= 11 is 0. The summed E-state index contributed by atoms with van der Waals surface area (Å²) in [5.74, 6) is 1.21. The summed E-state index contributed by atoms with van der Waals surface area (Å²) in [6, 6.07) is 20.3. The number of para-hydroxylation sites is 2. The highest BCUT2D eigenvalue weighted by Crippen LogP contribution is 2.59. The molecule has 6 rings (SSSR count). The highest BCUT2D eigenvalue weighted by molar-refractivity contribution is 6.04. The molecule has 3 aliphatic heterocycles. The van der Waals surface area contributed by atoms with Crippen LogP contribution in [0.2, 0.25) is 0 Å². The first-order valence-corrected chi connectivity index (χ1v) is 12.5. The Morgan fingerprint density at radius 2 is 1.47 bits per heavy atom. The molecule has 0 bridgehead atoms. The van der Waals surface area contributed by atoms with Crippen molar-refractivity contribution in [2.75, 3.05) is 36.0 Å². The zero-order valence-corrected chi connectivity index (χ0v) is 19.8. The Labute approximate surface area is 200 Å². The van der Waals surface area contributed by atoms with Gasteiger partial charge in [0.2, 0.25) is 0 Å². The van der Waals surface area contributed by atoms with E-state index in [0.29, 0.717) is 5.56 Å². The van der Waals surface area contributed by atoms with Crippen LogP contribution in [0.4, 0.5) is 11.4 Å². The minimum absolute atomic E-state index is 0.262. The molecular weight excluding hydrogens is 424 g/mol. The number of ether oxygens (including phenoxy) is 2. The molecule has 1 fully saturated rings. The molecule has 3 aromatic rings. The molecule has 3 aliphatic rings. The third-order valence-corrected chi connectivity index (χ3v) is 7.52. The quantitative estimate of drug-likeness (QED) is 0.446. The maximum Gasteiger partial charge on any atom is 0.342 e. The Kier molecular flexibility index (Phi) is 5.01. The fraction of sp³-hybridized carbons (Fsp3) is 0.345. The molecule has 0 amide bonds. The van der Waals surface area contributed by atoms with Crippen molar-refractivity contribution in [2.45, 2.75) is 38.7 Å². The molecule has 3 heterocycles. The van der Waals surface area contributed by atoms with E-state index in [9.17, 15) is 4.79 Å². The summed E-state index contributed by atoms with van der Waals surface area (Å²) in [5.41, 5.74) is 4.44. The Bertz CT molecular complexity index is 1210. The van der Waals surface area contributed by atoms with Gasteiger partial charge in [0.05, 0.1) is 11.3 Å². The van der Waals surface area contributed by atoms with Crippen LogP contribution in [-0.2, 0) is 10.3 Å². The van der Waals surface area contributed by atoms with Crippen LogP contribution in [0.3, 0.4) is 0 Å². The van der Waals surface area contributed by atoms with Crippen LogP contribution in [0.15, 0.2) is 60.7 Å². The second-order valence-corrected chi connectivity index (χ2v) is 9.24. The van der Waals surface area contributed by atoms with Crippen LogP contribution >= 0.6 is 0 Å². The van der Waals surface area contributed by atoms with Gasteiger partial charge < -0.3 is 19.3 Å². The highest BCUT2D eigenvalue weighted by Gasteiger charge is 2.56. The van der Waals surface area contributed by atoms with Crippen molar-refractivity contribution in [3.63, 3.8) is 0 Å². The average molecular weight is 455 g/mol. The standard InChI is InChI=1S/C29H30N2O3/c1-3-30(4-2)22-16-17-23(31-18-10-5-11-19-31)27-26(22)28(32)34-29(27)20-12-6-8-14-24(20)33-25-15-9-7-13-21(25)29/h6-9,12-17H,3-5,10-11,18-19H2,1-2H3. The number of esters is 1. The molecule has 0 unspecified atom stereocenters. The number of hydrogen-bond donors (Lipinski definition) is 0. The first kappa shape index (κ1) is 21.1. The number of fused-ring (bicyclic) bond motifs is 6. The van der Waals surface area contributed by atoms with E-state index in [1.165, 1.54) is 6.42 Å². The van der Waals surface area contributed by atoms with E-state index in [4.69, 9.17) is 9.47 Å². The molecule has 1 spiro atoms. The van der Waals surface area contributed by atoms with Crippen LogP contribution in [0.5, 0.6) is 11.5 Å². The van der Waals surface area contributed by atoms with Crippen LogP contribution < -0.4 is 14.5 Å². The lowest BCUT2D eigenvalue weighted by molar-refractivity contribution is 0.0225. The van der Waals surface area contributed by atoms with Gasteiger partial charge >= 0.3 is 5.97 Å². The van der Waals surface area contributed by atoms with E-state index in [2.05, 4.69) is 35.8 Å². The number of anilines is 2. The second kappa shape index (κ2) is 8.08.